The van der Waals surface area contributed by atoms with Gasteiger partial charge in [-0.3, -0.25) is 9.67 Å². The molecule has 2 aromatic rings. The zero-order valence-electron chi connectivity index (χ0n) is 17.6. The number of aliphatic imine (C=N–C) groups is 1. The highest BCUT2D eigenvalue weighted by Crippen LogP contribution is 2.21. The van der Waals surface area contributed by atoms with Crippen molar-refractivity contribution in [2.75, 3.05) is 26.2 Å². The van der Waals surface area contributed by atoms with Crippen molar-refractivity contribution in [3.63, 3.8) is 0 Å². The predicted octanol–water partition coefficient (Wildman–Crippen LogP) is 3.98. The van der Waals surface area contributed by atoms with Crippen LogP contribution in [0.3, 0.4) is 0 Å². The second-order valence-electron chi connectivity index (χ2n) is 7.84. The molecule has 0 bridgehead atoms. The van der Waals surface area contributed by atoms with Crippen LogP contribution >= 0.6 is 24.0 Å². The average molecular weight is 495 g/mol. The fourth-order valence-corrected chi connectivity index (χ4v) is 3.83. The quantitative estimate of drug-likeness (QED) is 0.375. The van der Waals surface area contributed by atoms with Crippen LogP contribution < -0.4 is 5.32 Å². The highest BCUT2D eigenvalue weighted by Gasteiger charge is 2.25. The minimum atomic E-state index is 0. The lowest BCUT2D eigenvalue weighted by Crippen LogP contribution is -2.40. The summed E-state index contributed by atoms with van der Waals surface area (Å²) in [6, 6.07) is 8.77. The molecule has 1 aliphatic rings. The Morgan fingerprint density at radius 2 is 2.21 bits per heavy atom. The van der Waals surface area contributed by atoms with Crippen LogP contribution in [-0.4, -0.2) is 46.8 Å². The van der Waals surface area contributed by atoms with Crippen LogP contribution in [0.5, 0.6) is 0 Å². The summed E-state index contributed by atoms with van der Waals surface area (Å²) in [7, 11) is 1.98. The third-order valence-corrected chi connectivity index (χ3v) is 5.33. The monoisotopic (exact) mass is 495 g/mol. The van der Waals surface area contributed by atoms with Gasteiger partial charge in [0.15, 0.2) is 5.96 Å². The second-order valence-corrected chi connectivity index (χ2v) is 7.84. The number of rotatable bonds is 6. The van der Waals surface area contributed by atoms with Crippen LogP contribution in [-0.2, 0) is 13.5 Å². The van der Waals surface area contributed by atoms with Gasteiger partial charge in [-0.25, -0.2) is 0 Å². The molecule has 2 atom stereocenters. The van der Waals surface area contributed by atoms with Crippen molar-refractivity contribution >= 4 is 29.9 Å². The molecule has 1 aromatic heterocycles. The lowest BCUT2D eigenvalue weighted by molar-refractivity contribution is 0.459. The highest BCUT2D eigenvalue weighted by atomic mass is 127. The van der Waals surface area contributed by atoms with Gasteiger partial charge in [0.1, 0.15) is 0 Å². The summed E-state index contributed by atoms with van der Waals surface area (Å²) < 4.78 is 1.89. The number of benzene rings is 1. The lowest BCUT2D eigenvalue weighted by atomic mass is 10.00. The number of hydrogen-bond acceptors (Lipinski definition) is 2. The first kappa shape index (κ1) is 22.7. The van der Waals surface area contributed by atoms with Crippen LogP contribution in [0, 0.1) is 12.8 Å². The summed E-state index contributed by atoms with van der Waals surface area (Å²) in [4.78, 5) is 7.39. The molecular weight excluding hydrogens is 461 g/mol. The Kier molecular flexibility index (Phi) is 8.79. The highest BCUT2D eigenvalue weighted by molar-refractivity contribution is 14.0. The van der Waals surface area contributed by atoms with Crippen LogP contribution in [0.1, 0.15) is 42.9 Å². The molecule has 6 heteroatoms. The van der Waals surface area contributed by atoms with Gasteiger partial charge in [-0.2, -0.15) is 5.10 Å². The molecule has 154 valence electrons. The molecule has 5 nitrogen and oxygen atoms in total. The van der Waals surface area contributed by atoms with Crippen molar-refractivity contribution in [1.82, 2.24) is 20.0 Å². The Balaban J connectivity index is 0.00000280. The Morgan fingerprint density at radius 1 is 1.39 bits per heavy atom. The van der Waals surface area contributed by atoms with E-state index in [2.05, 4.69) is 66.5 Å². The molecule has 3 rings (SSSR count). The Morgan fingerprint density at radius 3 is 2.89 bits per heavy atom. The molecular formula is C22H34IN5. The third-order valence-electron chi connectivity index (χ3n) is 5.33. The SMILES string of the molecule is CCNC(=NCC(C)c1cccc(C)c1)N1CCC(Cc2cnn(C)c2)C1.I. The molecule has 0 saturated carbocycles. The van der Waals surface area contributed by atoms with Gasteiger partial charge in [0.05, 0.1) is 6.20 Å². The van der Waals surface area contributed by atoms with Gasteiger partial charge in [0.2, 0.25) is 0 Å². The molecule has 0 aliphatic carbocycles. The molecule has 1 aromatic carbocycles. The van der Waals surface area contributed by atoms with Gasteiger partial charge in [-0.05, 0) is 43.7 Å². The van der Waals surface area contributed by atoms with E-state index in [1.165, 1.54) is 23.1 Å². The summed E-state index contributed by atoms with van der Waals surface area (Å²) >= 11 is 0. The van der Waals surface area contributed by atoms with Gasteiger partial charge < -0.3 is 10.2 Å². The number of aryl methyl sites for hydroxylation is 2. The third kappa shape index (κ3) is 6.22. The van der Waals surface area contributed by atoms with E-state index in [1.807, 2.05) is 17.9 Å². The van der Waals surface area contributed by atoms with Crippen molar-refractivity contribution in [3.8, 4) is 0 Å². The van der Waals surface area contributed by atoms with E-state index < -0.39 is 0 Å². The molecule has 1 saturated heterocycles. The normalized spacial score (nSPS) is 18.1. The van der Waals surface area contributed by atoms with Gasteiger partial charge in [0, 0.05) is 45.3 Å². The fraction of sp³-hybridized carbons (Fsp3) is 0.545. The summed E-state index contributed by atoms with van der Waals surface area (Å²) in [5, 5.41) is 7.78. The zero-order valence-corrected chi connectivity index (χ0v) is 19.9. The molecule has 1 fully saturated rings. The lowest BCUT2D eigenvalue weighted by Gasteiger charge is -2.22. The molecule has 0 radical (unpaired) electrons. The van der Waals surface area contributed by atoms with Crippen LogP contribution in [0.4, 0.5) is 0 Å². The Labute approximate surface area is 186 Å². The van der Waals surface area contributed by atoms with Gasteiger partial charge in [-0.15, -0.1) is 24.0 Å². The summed E-state index contributed by atoms with van der Waals surface area (Å²) in [6.45, 7) is 10.4. The van der Waals surface area contributed by atoms with Crippen molar-refractivity contribution in [2.45, 2.75) is 39.5 Å². The predicted molar refractivity (Wildman–Crippen MR) is 128 cm³/mol. The van der Waals surface area contributed by atoms with E-state index >= 15 is 0 Å². The maximum absolute atomic E-state index is 4.96. The Hall–Kier alpha value is -1.57. The van der Waals surface area contributed by atoms with E-state index in [0.717, 1.165) is 38.6 Å². The van der Waals surface area contributed by atoms with Gasteiger partial charge in [0.25, 0.3) is 0 Å². The summed E-state index contributed by atoms with van der Waals surface area (Å²) in [5.74, 6) is 2.16. The van der Waals surface area contributed by atoms with Crippen molar-refractivity contribution in [2.24, 2.45) is 18.0 Å². The summed E-state index contributed by atoms with van der Waals surface area (Å²) in [6.07, 6.45) is 6.44. The fourth-order valence-electron chi connectivity index (χ4n) is 3.83. The minimum Gasteiger partial charge on any atom is -0.357 e. The molecule has 28 heavy (non-hydrogen) atoms. The maximum atomic E-state index is 4.96. The standard InChI is InChI=1S/C22H33N5.HI/c1-5-23-22(24-13-18(3)21-8-6-7-17(2)11-21)27-10-9-19(16-27)12-20-14-25-26(4)15-20;/h6-8,11,14-15,18-19H,5,9-10,12-13,16H2,1-4H3,(H,23,24);1H. The largest absolute Gasteiger partial charge is 0.357 e. The first-order valence-electron chi connectivity index (χ1n) is 10.1. The van der Waals surface area contributed by atoms with Crippen molar-refractivity contribution in [3.05, 3.63) is 53.3 Å². The maximum Gasteiger partial charge on any atom is 0.193 e. The topological polar surface area (TPSA) is 45.5 Å². The zero-order chi connectivity index (χ0) is 19.2. The molecule has 0 spiro atoms. The second kappa shape index (κ2) is 10.8. The number of aromatic nitrogens is 2. The van der Waals surface area contributed by atoms with E-state index in [0.29, 0.717) is 11.8 Å². The van der Waals surface area contributed by atoms with E-state index in [4.69, 9.17) is 4.99 Å². The number of nitrogens with one attached hydrogen (secondary N) is 1. The van der Waals surface area contributed by atoms with Gasteiger partial charge in [-0.1, -0.05) is 36.8 Å². The number of halogens is 1. The smallest absolute Gasteiger partial charge is 0.193 e. The Bertz CT molecular complexity index is 770. The molecule has 1 N–H and O–H groups in total. The summed E-state index contributed by atoms with van der Waals surface area (Å²) in [5.41, 5.74) is 4.01. The minimum absolute atomic E-state index is 0. The first-order chi connectivity index (χ1) is 13.0. The first-order valence-corrected chi connectivity index (χ1v) is 10.1. The van der Waals surface area contributed by atoms with Crippen LogP contribution in [0.2, 0.25) is 0 Å². The molecule has 0 amide bonds. The average Bonchev–Trinajstić information content (AvgIpc) is 3.27. The van der Waals surface area contributed by atoms with Crippen LogP contribution in [0.15, 0.2) is 41.7 Å². The molecule has 1 aliphatic heterocycles. The van der Waals surface area contributed by atoms with Gasteiger partial charge >= 0.3 is 0 Å². The molecule has 2 unspecified atom stereocenters. The van der Waals surface area contributed by atoms with E-state index in [9.17, 15) is 0 Å². The van der Waals surface area contributed by atoms with E-state index in [1.54, 1.807) is 0 Å². The number of hydrogen-bond donors (Lipinski definition) is 1. The molecule has 2 heterocycles. The van der Waals surface area contributed by atoms with Crippen LogP contribution in [0.25, 0.3) is 0 Å². The number of likely N-dealkylation sites (tertiary alicyclic amines) is 1. The van der Waals surface area contributed by atoms with E-state index in [-0.39, 0.29) is 24.0 Å². The van der Waals surface area contributed by atoms with Crippen molar-refractivity contribution < 1.29 is 0 Å². The van der Waals surface area contributed by atoms with Crippen molar-refractivity contribution in [1.29, 1.82) is 0 Å². The number of nitrogens with zero attached hydrogens (tertiary/aromatic N) is 4. The number of guanidine groups is 1.